The van der Waals surface area contributed by atoms with E-state index in [0.29, 0.717) is 18.0 Å². The molecule has 1 fully saturated rings. The molecule has 1 saturated heterocycles. The molecule has 168 valence electrons. The van der Waals surface area contributed by atoms with Crippen LogP contribution in [0.3, 0.4) is 0 Å². The summed E-state index contributed by atoms with van der Waals surface area (Å²) in [7, 11) is -2.05. The molecular formula is C21H28FN5O3S. The van der Waals surface area contributed by atoms with E-state index in [1.54, 1.807) is 12.3 Å². The van der Waals surface area contributed by atoms with Gasteiger partial charge in [-0.25, -0.2) is 12.8 Å². The Kier molecular flexibility index (Phi) is 6.31. The van der Waals surface area contributed by atoms with Crippen molar-refractivity contribution in [1.29, 1.82) is 0 Å². The topological polar surface area (TPSA) is 81.4 Å². The number of nitrogens with zero attached hydrogens (tertiary/aromatic N) is 5. The molecule has 0 unspecified atom stereocenters. The number of anilines is 1. The smallest absolute Gasteiger partial charge is 0.245 e. The zero-order valence-electron chi connectivity index (χ0n) is 17.6. The van der Waals surface area contributed by atoms with Gasteiger partial charge in [-0.15, -0.1) is 0 Å². The number of unbranched alkanes of at least 4 members (excludes halogenated alkanes) is 1. The molecule has 0 atom stereocenters. The quantitative estimate of drug-likeness (QED) is 0.415. The van der Waals surface area contributed by atoms with Crippen LogP contribution in [0.1, 0.15) is 18.5 Å². The molecule has 1 aromatic heterocycles. The molecule has 0 bridgehead atoms. The summed E-state index contributed by atoms with van der Waals surface area (Å²) < 4.78 is 41.2. The molecule has 0 spiro atoms. The average Bonchev–Trinajstić information content (AvgIpc) is 3.20. The minimum atomic E-state index is -3.53. The summed E-state index contributed by atoms with van der Waals surface area (Å²) >= 11 is 0. The molecule has 0 radical (unpaired) electrons. The molecule has 2 aliphatic heterocycles. The lowest BCUT2D eigenvalue weighted by Gasteiger charge is -2.36. The van der Waals surface area contributed by atoms with E-state index < -0.39 is 10.0 Å². The van der Waals surface area contributed by atoms with Gasteiger partial charge in [0.05, 0.1) is 12.2 Å². The maximum absolute atomic E-state index is 13.1. The zero-order chi connectivity index (χ0) is 22.0. The van der Waals surface area contributed by atoms with Crippen molar-refractivity contribution in [1.82, 2.24) is 13.8 Å². The Morgan fingerprint density at radius 1 is 1.03 bits per heavy atom. The number of fused-ring (bicyclic) bond motifs is 1. The first-order valence-electron chi connectivity index (χ1n) is 10.5. The Hall–Kier alpha value is -2.43. The van der Waals surface area contributed by atoms with Crippen LogP contribution in [0.4, 0.5) is 10.1 Å². The van der Waals surface area contributed by atoms with Crippen LogP contribution in [0.5, 0.6) is 0 Å². The van der Waals surface area contributed by atoms with Gasteiger partial charge in [-0.3, -0.25) is 4.90 Å². The number of piperazine rings is 1. The van der Waals surface area contributed by atoms with Crippen LogP contribution in [-0.2, 0) is 16.6 Å². The van der Waals surface area contributed by atoms with Crippen molar-refractivity contribution in [3.63, 3.8) is 0 Å². The van der Waals surface area contributed by atoms with Crippen molar-refractivity contribution in [3.8, 4) is 0 Å². The normalized spacial score (nSPS) is 20.8. The first kappa shape index (κ1) is 21.8. The Morgan fingerprint density at radius 3 is 2.39 bits per heavy atom. The summed E-state index contributed by atoms with van der Waals surface area (Å²) in [6.45, 7) is 5.46. The van der Waals surface area contributed by atoms with Crippen molar-refractivity contribution in [2.24, 2.45) is 5.16 Å². The number of aromatic nitrogens is 1. The van der Waals surface area contributed by atoms with Gasteiger partial charge in [0.1, 0.15) is 16.4 Å². The van der Waals surface area contributed by atoms with Gasteiger partial charge in [0.25, 0.3) is 0 Å². The number of hydrogen-bond donors (Lipinski definition) is 1. The van der Waals surface area contributed by atoms with E-state index in [1.807, 2.05) is 16.7 Å². The molecule has 10 heteroatoms. The predicted molar refractivity (Wildman–Crippen MR) is 117 cm³/mol. The Bertz CT molecular complexity index is 1040. The number of hydrogen-bond acceptors (Lipinski definition) is 6. The van der Waals surface area contributed by atoms with Crippen LogP contribution in [0.2, 0.25) is 0 Å². The zero-order valence-corrected chi connectivity index (χ0v) is 18.4. The highest BCUT2D eigenvalue weighted by atomic mass is 32.2. The monoisotopic (exact) mass is 449 g/mol. The van der Waals surface area contributed by atoms with Gasteiger partial charge in [0, 0.05) is 51.7 Å². The standard InChI is InChI=1S/C21H28FN5O3S/c1-24-16-19(23-28)21-20(31(24,29)30)8-11-27(21)10-3-2-9-25-12-14-26(15-13-25)18-6-4-17(22)5-7-18/h4-8,11,28H,2-3,9-10,12-16H2,1H3. The van der Waals surface area contributed by atoms with Crippen LogP contribution >= 0.6 is 0 Å². The highest BCUT2D eigenvalue weighted by molar-refractivity contribution is 7.89. The van der Waals surface area contributed by atoms with Crippen LogP contribution in [0, 0.1) is 5.82 Å². The highest BCUT2D eigenvalue weighted by Crippen LogP contribution is 2.27. The van der Waals surface area contributed by atoms with Crippen LogP contribution < -0.4 is 4.90 Å². The molecule has 1 N–H and O–H groups in total. The van der Waals surface area contributed by atoms with Crippen molar-refractivity contribution >= 4 is 21.4 Å². The molecule has 31 heavy (non-hydrogen) atoms. The highest BCUT2D eigenvalue weighted by Gasteiger charge is 2.35. The summed E-state index contributed by atoms with van der Waals surface area (Å²) in [5.74, 6) is -0.214. The molecule has 4 rings (SSSR count). The summed E-state index contributed by atoms with van der Waals surface area (Å²) in [5, 5.41) is 12.7. The molecule has 2 aliphatic rings. The Balaban J connectivity index is 1.27. The molecular weight excluding hydrogens is 421 g/mol. The SMILES string of the molecule is CN1CC(=NO)c2c(ccn2CCCCN2CCN(c3ccc(F)cc3)CC2)S1(=O)=O. The van der Waals surface area contributed by atoms with E-state index in [-0.39, 0.29) is 17.3 Å². The lowest BCUT2D eigenvalue weighted by Crippen LogP contribution is -2.46. The predicted octanol–water partition coefficient (Wildman–Crippen LogP) is 2.04. The number of rotatable bonds is 6. The van der Waals surface area contributed by atoms with Crippen LogP contribution in [0.25, 0.3) is 0 Å². The van der Waals surface area contributed by atoms with Crippen molar-refractivity contribution < 1.29 is 18.0 Å². The lowest BCUT2D eigenvalue weighted by atomic mass is 10.2. The maximum Gasteiger partial charge on any atom is 0.245 e. The van der Waals surface area contributed by atoms with E-state index in [9.17, 15) is 18.0 Å². The van der Waals surface area contributed by atoms with Gasteiger partial charge >= 0.3 is 0 Å². The Labute approximate surface area is 182 Å². The summed E-state index contributed by atoms with van der Waals surface area (Å²) in [4.78, 5) is 4.89. The van der Waals surface area contributed by atoms with Crippen LogP contribution in [0.15, 0.2) is 46.6 Å². The first-order chi connectivity index (χ1) is 14.9. The van der Waals surface area contributed by atoms with Crippen molar-refractivity contribution in [2.75, 3.05) is 51.2 Å². The molecule has 0 aliphatic carbocycles. The van der Waals surface area contributed by atoms with E-state index in [0.717, 1.165) is 51.3 Å². The number of oxime groups is 1. The number of sulfonamides is 1. The number of benzene rings is 1. The fraction of sp³-hybridized carbons (Fsp3) is 0.476. The Morgan fingerprint density at radius 2 is 1.71 bits per heavy atom. The molecule has 8 nitrogen and oxygen atoms in total. The van der Waals surface area contributed by atoms with Gasteiger partial charge in [-0.2, -0.15) is 4.31 Å². The van der Waals surface area contributed by atoms with E-state index in [4.69, 9.17) is 0 Å². The summed E-state index contributed by atoms with van der Waals surface area (Å²) in [6.07, 6.45) is 3.64. The first-order valence-corrected chi connectivity index (χ1v) is 11.9. The molecule has 3 heterocycles. The van der Waals surface area contributed by atoms with E-state index >= 15 is 0 Å². The lowest BCUT2D eigenvalue weighted by molar-refractivity contribution is 0.251. The minimum absolute atomic E-state index is 0.0637. The van der Waals surface area contributed by atoms with E-state index in [1.165, 1.54) is 23.5 Å². The maximum atomic E-state index is 13.1. The largest absolute Gasteiger partial charge is 0.411 e. The van der Waals surface area contributed by atoms with Gasteiger partial charge < -0.3 is 14.7 Å². The number of halogens is 1. The average molecular weight is 450 g/mol. The van der Waals surface area contributed by atoms with Gasteiger partial charge in [-0.05, 0) is 49.7 Å². The summed E-state index contributed by atoms with van der Waals surface area (Å²) in [6, 6.07) is 8.23. The fourth-order valence-electron chi connectivity index (χ4n) is 4.27. The number of likely N-dealkylation sites (N-methyl/N-ethyl adjacent to an activating group) is 1. The van der Waals surface area contributed by atoms with Crippen molar-refractivity contribution in [3.05, 3.63) is 48.0 Å². The minimum Gasteiger partial charge on any atom is -0.411 e. The third-order valence-corrected chi connectivity index (χ3v) is 7.90. The second kappa shape index (κ2) is 8.97. The molecule has 0 saturated carbocycles. The third-order valence-electron chi connectivity index (χ3n) is 6.07. The second-order valence-corrected chi connectivity index (χ2v) is 10.1. The third kappa shape index (κ3) is 4.46. The van der Waals surface area contributed by atoms with Crippen LogP contribution in [-0.4, -0.2) is 79.4 Å². The molecule has 1 aromatic carbocycles. The fourth-order valence-corrected chi connectivity index (χ4v) is 5.61. The number of aryl methyl sites for hydroxylation is 1. The molecule has 2 aromatic rings. The van der Waals surface area contributed by atoms with Gasteiger partial charge in [-0.1, -0.05) is 5.16 Å². The van der Waals surface area contributed by atoms with Crippen molar-refractivity contribution in [2.45, 2.75) is 24.3 Å². The summed E-state index contributed by atoms with van der Waals surface area (Å²) in [5.41, 5.74) is 1.92. The van der Waals surface area contributed by atoms with Gasteiger partial charge in [0.2, 0.25) is 10.0 Å². The van der Waals surface area contributed by atoms with E-state index in [2.05, 4.69) is 15.0 Å². The molecule has 0 amide bonds. The second-order valence-electron chi connectivity index (χ2n) is 8.04. The van der Waals surface area contributed by atoms with Gasteiger partial charge in [0.15, 0.2) is 0 Å².